The summed E-state index contributed by atoms with van der Waals surface area (Å²) < 4.78 is 28.9. The van der Waals surface area contributed by atoms with Gasteiger partial charge in [0.15, 0.2) is 24.7 Å². The number of anilines is 1. The molecule has 59 heavy (non-hydrogen) atoms. The van der Waals surface area contributed by atoms with Crippen LogP contribution in [0.2, 0.25) is 0 Å². The molecular weight excluding hydrogens is 731 g/mol. The van der Waals surface area contributed by atoms with Gasteiger partial charge in [-0.1, -0.05) is 56.9 Å². The van der Waals surface area contributed by atoms with Gasteiger partial charge in [-0.05, 0) is 99.9 Å². The summed E-state index contributed by atoms with van der Waals surface area (Å²) in [4.78, 5) is 2.53. The molecule has 1 aromatic heterocycles. The number of ether oxygens (including phenoxy) is 4. The van der Waals surface area contributed by atoms with E-state index in [4.69, 9.17) is 18.9 Å². The van der Waals surface area contributed by atoms with E-state index in [-0.39, 0.29) is 16.9 Å². The zero-order valence-corrected chi connectivity index (χ0v) is 37.4. The Hall–Kier alpha value is -4.46. The Morgan fingerprint density at radius 3 is 2.29 bits per heavy atom. The second-order valence-electron chi connectivity index (χ2n) is 18.2. The largest absolute Gasteiger partial charge is 0.497 e. The van der Waals surface area contributed by atoms with Gasteiger partial charge < -0.3 is 23.8 Å². The monoisotopic (exact) mass is 800 g/mol. The quantitative estimate of drug-likeness (QED) is 0.107. The first-order valence-corrected chi connectivity index (χ1v) is 22.1. The average molecular weight is 800 g/mol. The van der Waals surface area contributed by atoms with Gasteiger partial charge in [0.1, 0.15) is 24.7 Å². The zero-order chi connectivity index (χ0) is 41.7. The molecule has 0 spiro atoms. The van der Waals surface area contributed by atoms with Crippen LogP contribution < -0.4 is 14.2 Å². The molecule has 1 saturated carbocycles. The lowest BCUT2D eigenvalue weighted by atomic mass is 9.81. The number of allylic oxidation sites excluding steroid dienone is 7. The molecule has 0 N–H and O–H groups in total. The first-order chi connectivity index (χ1) is 28.5. The Kier molecular flexibility index (Phi) is 13.3. The summed E-state index contributed by atoms with van der Waals surface area (Å²) in [5.41, 5.74) is 12.6. The molecule has 0 radical (unpaired) electrons. The number of hydrogen-bond acceptors (Lipinski definition) is 5. The van der Waals surface area contributed by atoms with Crippen molar-refractivity contribution in [1.29, 1.82) is 0 Å². The molecular formula is C52H69N3O4+2. The van der Waals surface area contributed by atoms with Crippen LogP contribution in [0.5, 0.6) is 5.75 Å². The molecule has 1 atom stereocenters. The Morgan fingerprint density at radius 1 is 0.814 bits per heavy atom. The molecule has 2 aromatic carbocycles. The molecule has 2 aliphatic heterocycles. The van der Waals surface area contributed by atoms with Crippen molar-refractivity contribution in [2.45, 2.75) is 109 Å². The Balaban J connectivity index is 1.34. The van der Waals surface area contributed by atoms with Crippen LogP contribution >= 0.6 is 0 Å². The normalized spacial score (nSPS) is 20.7. The van der Waals surface area contributed by atoms with Crippen molar-refractivity contribution in [1.82, 2.24) is 0 Å². The van der Waals surface area contributed by atoms with E-state index in [9.17, 15) is 0 Å². The van der Waals surface area contributed by atoms with Crippen LogP contribution in [-0.2, 0) is 32.1 Å². The average Bonchev–Trinajstić information content (AvgIpc) is 3.79. The van der Waals surface area contributed by atoms with Crippen molar-refractivity contribution in [2.75, 3.05) is 52.5 Å². The topological polar surface area (TPSA) is 47.1 Å². The van der Waals surface area contributed by atoms with Crippen molar-refractivity contribution in [2.24, 2.45) is 13.0 Å². The smallest absolute Gasteiger partial charge is 0.210 e. The lowest BCUT2D eigenvalue weighted by Gasteiger charge is -2.32. The maximum Gasteiger partial charge on any atom is 0.210 e. The molecule has 4 aliphatic rings. The number of aryl methyl sites for hydroxylation is 2. The van der Waals surface area contributed by atoms with E-state index in [1.807, 2.05) is 0 Å². The summed E-state index contributed by atoms with van der Waals surface area (Å²) in [5, 5.41) is 0. The molecule has 3 heterocycles. The number of fused-ring (bicyclic) bond motifs is 2. The molecule has 7 rings (SSSR count). The summed E-state index contributed by atoms with van der Waals surface area (Å²) in [7, 11) is 7.43. The molecule has 2 aliphatic carbocycles. The highest BCUT2D eigenvalue weighted by atomic mass is 16.5. The minimum Gasteiger partial charge on any atom is -0.497 e. The maximum absolute atomic E-state index is 7.55. The lowest BCUT2D eigenvalue weighted by Crippen LogP contribution is -2.28. The van der Waals surface area contributed by atoms with Crippen molar-refractivity contribution in [3.63, 3.8) is 0 Å². The highest BCUT2D eigenvalue weighted by Crippen LogP contribution is 2.49. The summed E-state index contributed by atoms with van der Waals surface area (Å²) in [6, 6.07) is 18.0. The van der Waals surface area contributed by atoms with Gasteiger partial charge in [0.2, 0.25) is 5.69 Å². The molecule has 1 fully saturated rings. The van der Waals surface area contributed by atoms with Gasteiger partial charge in [0, 0.05) is 91.9 Å². The van der Waals surface area contributed by atoms with Crippen molar-refractivity contribution in [3.8, 4) is 5.75 Å². The third-order valence-electron chi connectivity index (χ3n) is 13.4. The van der Waals surface area contributed by atoms with Gasteiger partial charge in [-0.25, -0.2) is 4.57 Å². The predicted molar refractivity (Wildman–Crippen MR) is 240 cm³/mol. The van der Waals surface area contributed by atoms with E-state index in [0.29, 0.717) is 5.92 Å². The van der Waals surface area contributed by atoms with E-state index < -0.39 is 0 Å². The van der Waals surface area contributed by atoms with E-state index in [2.05, 4.69) is 141 Å². The number of pyridine rings is 1. The highest BCUT2D eigenvalue weighted by Gasteiger charge is 2.45. The number of rotatable bonds is 16. The van der Waals surface area contributed by atoms with E-state index >= 15 is 0 Å². The maximum atomic E-state index is 7.55. The van der Waals surface area contributed by atoms with Crippen molar-refractivity contribution >= 4 is 17.1 Å². The van der Waals surface area contributed by atoms with Gasteiger partial charge in [-0.15, -0.1) is 0 Å². The molecule has 1 unspecified atom stereocenters. The van der Waals surface area contributed by atoms with E-state index in [1.165, 1.54) is 88.3 Å². The van der Waals surface area contributed by atoms with Crippen LogP contribution in [-0.4, -0.2) is 57.9 Å². The number of aromatic nitrogens is 1. The van der Waals surface area contributed by atoms with Crippen molar-refractivity contribution in [3.05, 3.63) is 130 Å². The number of methoxy groups -OCH3 is 3. The van der Waals surface area contributed by atoms with Crippen LogP contribution in [0.25, 0.3) is 0 Å². The highest BCUT2D eigenvalue weighted by molar-refractivity contribution is 6.03. The third-order valence-corrected chi connectivity index (χ3v) is 13.4. The molecule has 7 nitrogen and oxygen atoms in total. The van der Waals surface area contributed by atoms with E-state index in [1.54, 1.807) is 21.3 Å². The van der Waals surface area contributed by atoms with Crippen LogP contribution in [0.4, 0.5) is 11.4 Å². The van der Waals surface area contributed by atoms with Gasteiger partial charge in [0.25, 0.3) is 0 Å². The number of hydrogen-bond donors (Lipinski definition) is 0. The second kappa shape index (κ2) is 18.4. The number of benzene rings is 2. The fraction of sp³-hybridized carbons (Fsp3) is 0.500. The minimum atomic E-state index is -0.214. The van der Waals surface area contributed by atoms with Crippen molar-refractivity contribution < 1.29 is 28.1 Å². The molecule has 0 bridgehead atoms. The van der Waals surface area contributed by atoms with Gasteiger partial charge >= 0.3 is 0 Å². The third kappa shape index (κ3) is 8.88. The van der Waals surface area contributed by atoms with Gasteiger partial charge in [-0.2, -0.15) is 4.58 Å². The first kappa shape index (κ1) is 42.7. The Bertz CT molecular complexity index is 2130. The summed E-state index contributed by atoms with van der Waals surface area (Å²) in [6.45, 7) is 14.9. The predicted octanol–water partition coefficient (Wildman–Crippen LogP) is 10.8. The van der Waals surface area contributed by atoms with Crippen LogP contribution in [0.15, 0.2) is 108 Å². The molecule has 314 valence electrons. The lowest BCUT2D eigenvalue weighted by molar-refractivity contribution is -0.671. The minimum absolute atomic E-state index is 0.0115. The van der Waals surface area contributed by atoms with Crippen LogP contribution in [0.1, 0.15) is 114 Å². The van der Waals surface area contributed by atoms with Crippen LogP contribution in [0, 0.1) is 12.8 Å². The summed E-state index contributed by atoms with van der Waals surface area (Å²) >= 11 is 0. The molecule has 0 saturated heterocycles. The van der Waals surface area contributed by atoms with Gasteiger partial charge in [0.05, 0.1) is 19.1 Å². The van der Waals surface area contributed by atoms with Crippen LogP contribution in [0.3, 0.4) is 0 Å². The fourth-order valence-electron chi connectivity index (χ4n) is 10.0. The first-order valence-electron chi connectivity index (χ1n) is 22.1. The molecule has 7 heteroatoms. The second-order valence-corrected chi connectivity index (χ2v) is 18.2. The Labute approximate surface area is 354 Å². The molecule has 0 amide bonds. The zero-order valence-electron chi connectivity index (χ0n) is 37.4. The fourth-order valence-corrected chi connectivity index (χ4v) is 10.0. The van der Waals surface area contributed by atoms with E-state index in [0.717, 1.165) is 63.5 Å². The SMILES string of the molecule is COCCCN1/C(=C/C=C2\CCC(/C=C/C3=[N+](CCCOC)c4ccc(OC)cc4C3(C)C)=C2OC(c2cc[n+](C)cc2)C2CCCCC2)C(C)(C)c2cc(C)ccc21. The number of nitrogens with zero attached hydrogens (tertiary/aromatic N) is 3. The Morgan fingerprint density at radius 2 is 1.56 bits per heavy atom. The standard InChI is InChI=1S/C52H69N3O4/c1-37-17-23-45-43(35-37)51(2,3)47(54(45)29-13-33-56-7)25-20-39-18-19-40(50(39)59-49(38-15-11-10-12-16-38)41-27-31-53(6)32-28-41)21-26-48-52(4,5)44-36-42(58-9)22-24-46(44)55(48)30-14-34-57-8/h17,20-28,31-32,35-36,38,49H,10-16,18-19,29-30,33-34H2,1-9H3/q+2. The van der Waals surface area contributed by atoms with Gasteiger partial charge in [-0.3, -0.25) is 0 Å². The summed E-state index contributed by atoms with van der Waals surface area (Å²) in [6.07, 6.45) is 23.9. The molecule has 3 aromatic rings. The summed E-state index contributed by atoms with van der Waals surface area (Å²) in [5.74, 6) is 2.42.